The second-order valence-corrected chi connectivity index (χ2v) is 3.21. The minimum atomic E-state index is -0.924. The molecule has 5 heteroatoms. The van der Waals surface area contributed by atoms with Crippen molar-refractivity contribution in [2.75, 3.05) is 6.54 Å². The van der Waals surface area contributed by atoms with Gasteiger partial charge in [0.2, 0.25) is 0 Å². The van der Waals surface area contributed by atoms with Gasteiger partial charge in [0.05, 0.1) is 12.7 Å². The lowest BCUT2D eigenvalue weighted by Crippen LogP contribution is -2.16. The molecule has 0 bridgehead atoms. The number of aromatic nitrogens is 3. The summed E-state index contributed by atoms with van der Waals surface area (Å²) in [4.78, 5) is 0. The number of hydrogen-bond donors (Lipinski definition) is 2. The first-order valence-electron chi connectivity index (χ1n) is 3.87. The summed E-state index contributed by atoms with van der Waals surface area (Å²) in [6.07, 6.45) is 1.70. The van der Waals surface area contributed by atoms with E-state index in [4.69, 9.17) is 5.73 Å². The van der Waals surface area contributed by atoms with Crippen LogP contribution in [-0.4, -0.2) is 26.6 Å². The highest BCUT2D eigenvalue weighted by Crippen LogP contribution is 2.15. The van der Waals surface area contributed by atoms with Gasteiger partial charge < -0.3 is 10.8 Å². The Morgan fingerprint density at radius 3 is 2.75 bits per heavy atom. The molecule has 1 rings (SSSR count). The van der Waals surface area contributed by atoms with Gasteiger partial charge in [0, 0.05) is 6.54 Å². The van der Waals surface area contributed by atoms with Crippen LogP contribution in [0.5, 0.6) is 0 Å². The molecule has 68 valence electrons. The lowest BCUT2D eigenvalue weighted by atomic mass is 10.1. The van der Waals surface area contributed by atoms with E-state index in [0.29, 0.717) is 18.8 Å². The number of nitrogens with zero attached hydrogens (tertiary/aromatic N) is 3. The molecule has 0 radical (unpaired) electrons. The number of aliphatic hydroxyl groups is 1. The first-order chi connectivity index (χ1) is 5.54. The molecule has 0 spiro atoms. The van der Waals surface area contributed by atoms with Crippen LogP contribution < -0.4 is 5.73 Å². The van der Waals surface area contributed by atoms with E-state index in [1.54, 1.807) is 24.7 Å². The normalized spacial score (nSPS) is 12.0. The molecule has 1 aromatic heterocycles. The van der Waals surface area contributed by atoms with Crippen LogP contribution in [0.1, 0.15) is 19.5 Å². The fourth-order valence-electron chi connectivity index (χ4n) is 0.820. The quantitative estimate of drug-likeness (QED) is 0.639. The van der Waals surface area contributed by atoms with Crippen LogP contribution in [0.2, 0.25) is 0 Å². The molecular weight excluding hydrogens is 156 g/mol. The van der Waals surface area contributed by atoms with E-state index < -0.39 is 5.60 Å². The molecule has 0 saturated carbocycles. The van der Waals surface area contributed by atoms with Crippen LogP contribution in [0.25, 0.3) is 0 Å². The molecule has 0 amide bonds. The minimum Gasteiger partial charge on any atom is -0.384 e. The predicted octanol–water partition coefficient (Wildman–Crippen LogP) is -0.536. The predicted molar refractivity (Wildman–Crippen MR) is 44.3 cm³/mol. The van der Waals surface area contributed by atoms with Gasteiger partial charge in [-0.15, -0.1) is 5.10 Å². The Labute approximate surface area is 71.2 Å². The highest BCUT2D eigenvalue weighted by molar-refractivity contribution is 5.02. The molecule has 0 aromatic carbocycles. The van der Waals surface area contributed by atoms with Crippen molar-refractivity contribution in [2.45, 2.75) is 26.0 Å². The minimum absolute atomic E-state index is 0.522. The number of hydrogen-bond acceptors (Lipinski definition) is 4. The second-order valence-electron chi connectivity index (χ2n) is 3.21. The molecule has 0 aliphatic heterocycles. The summed E-state index contributed by atoms with van der Waals surface area (Å²) >= 11 is 0. The lowest BCUT2D eigenvalue weighted by molar-refractivity contribution is 0.0737. The zero-order valence-electron chi connectivity index (χ0n) is 7.36. The standard InChI is InChI=1S/C7H14N4O/c1-7(2,12)6-5-11(4-3-8)10-9-6/h5,12H,3-4,8H2,1-2H3. The largest absolute Gasteiger partial charge is 0.384 e. The van der Waals surface area contributed by atoms with Crippen LogP contribution in [-0.2, 0) is 12.1 Å². The number of rotatable bonds is 3. The zero-order chi connectivity index (χ0) is 9.19. The van der Waals surface area contributed by atoms with Crippen LogP contribution in [0.3, 0.4) is 0 Å². The molecule has 0 aliphatic rings. The van der Waals surface area contributed by atoms with Crippen molar-refractivity contribution in [3.63, 3.8) is 0 Å². The third-order valence-corrected chi connectivity index (χ3v) is 1.52. The molecule has 1 heterocycles. The van der Waals surface area contributed by atoms with E-state index >= 15 is 0 Å². The summed E-state index contributed by atoms with van der Waals surface area (Å²) in [5.41, 5.74) is 4.97. The summed E-state index contributed by atoms with van der Waals surface area (Å²) in [6, 6.07) is 0. The summed E-state index contributed by atoms with van der Waals surface area (Å²) < 4.78 is 1.62. The highest BCUT2D eigenvalue weighted by atomic mass is 16.3. The number of nitrogens with two attached hydrogens (primary N) is 1. The molecular formula is C7H14N4O. The van der Waals surface area contributed by atoms with Gasteiger partial charge in [-0.05, 0) is 13.8 Å². The molecule has 5 nitrogen and oxygen atoms in total. The monoisotopic (exact) mass is 170 g/mol. The summed E-state index contributed by atoms with van der Waals surface area (Å²) in [6.45, 7) is 4.49. The van der Waals surface area contributed by atoms with E-state index in [2.05, 4.69) is 10.3 Å². The third kappa shape index (κ3) is 2.02. The van der Waals surface area contributed by atoms with Crippen LogP contribution >= 0.6 is 0 Å². The second kappa shape index (κ2) is 3.20. The van der Waals surface area contributed by atoms with Gasteiger partial charge in [-0.3, -0.25) is 4.68 Å². The van der Waals surface area contributed by atoms with Crippen LogP contribution in [0.4, 0.5) is 0 Å². The van der Waals surface area contributed by atoms with Gasteiger partial charge in [0.15, 0.2) is 0 Å². The van der Waals surface area contributed by atoms with Crippen LogP contribution in [0.15, 0.2) is 6.20 Å². The van der Waals surface area contributed by atoms with Crippen molar-refractivity contribution in [3.05, 3.63) is 11.9 Å². The van der Waals surface area contributed by atoms with Crippen molar-refractivity contribution >= 4 is 0 Å². The van der Waals surface area contributed by atoms with Crippen molar-refractivity contribution in [1.82, 2.24) is 15.0 Å². The average Bonchev–Trinajstić information content (AvgIpc) is 2.35. The smallest absolute Gasteiger partial charge is 0.114 e. The molecule has 12 heavy (non-hydrogen) atoms. The van der Waals surface area contributed by atoms with Gasteiger partial charge in [-0.25, -0.2) is 0 Å². The Kier molecular flexibility index (Phi) is 2.44. The Morgan fingerprint density at radius 2 is 2.33 bits per heavy atom. The van der Waals surface area contributed by atoms with E-state index in [1.165, 1.54) is 0 Å². The topological polar surface area (TPSA) is 77.0 Å². The fraction of sp³-hybridized carbons (Fsp3) is 0.714. The summed E-state index contributed by atoms with van der Waals surface area (Å²) in [5.74, 6) is 0. The van der Waals surface area contributed by atoms with Crippen molar-refractivity contribution in [3.8, 4) is 0 Å². The van der Waals surface area contributed by atoms with Gasteiger partial charge in [-0.2, -0.15) is 0 Å². The Morgan fingerprint density at radius 1 is 1.67 bits per heavy atom. The molecule has 3 N–H and O–H groups in total. The fourth-order valence-corrected chi connectivity index (χ4v) is 0.820. The van der Waals surface area contributed by atoms with Crippen molar-refractivity contribution in [2.24, 2.45) is 5.73 Å². The Balaban J connectivity index is 2.77. The zero-order valence-corrected chi connectivity index (χ0v) is 7.36. The summed E-state index contributed by atoms with van der Waals surface area (Å²) in [7, 11) is 0. The Hall–Kier alpha value is -0.940. The van der Waals surface area contributed by atoms with Crippen molar-refractivity contribution in [1.29, 1.82) is 0 Å². The third-order valence-electron chi connectivity index (χ3n) is 1.52. The highest BCUT2D eigenvalue weighted by Gasteiger charge is 2.19. The maximum atomic E-state index is 9.52. The van der Waals surface area contributed by atoms with Gasteiger partial charge >= 0.3 is 0 Å². The molecule has 0 saturated heterocycles. The maximum Gasteiger partial charge on any atom is 0.114 e. The lowest BCUT2D eigenvalue weighted by Gasteiger charge is -2.11. The maximum absolute atomic E-state index is 9.52. The average molecular weight is 170 g/mol. The van der Waals surface area contributed by atoms with Crippen molar-refractivity contribution < 1.29 is 5.11 Å². The van der Waals surface area contributed by atoms with Gasteiger partial charge in [0.1, 0.15) is 11.3 Å². The van der Waals surface area contributed by atoms with Crippen LogP contribution in [0, 0.1) is 0 Å². The van der Waals surface area contributed by atoms with E-state index in [0.717, 1.165) is 0 Å². The molecule has 0 atom stereocenters. The van der Waals surface area contributed by atoms with E-state index in [-0.39, 0.29) is 0 Å². The first-order valence-corrected chi connectivity index (χ1v) is 3.87. The van der Waals surface area contributed by atoms with E-state index in [1.807, 2.05) is 0 Å². The molecule has 0 unspecified atom stereocenters. The van der Waals surface area contributed by atoms with E-state index in [9.17, 15) is 5.11 Å². The SMILES string of the molecule is CC(C)(O)c1cn(CCN)nn1. The van der Waals surface area contributed by atoms with Gasteiger partial charge in [0.25, 0.3) is 0 Å². The molecule has 1 aromatic rings. The Bertz CT molecular complexity index is 250. The first kappa shape index (κ1) is 9.15. The molecule has 0 aliphatic carbocycles. The summed E-state index contributed by atoms with van der Waals surface area (Å²) in [5, 5.41) is 17.1. The molecule has 0 fully saturated rings. The van der Waals surface area contributed by atoms with Gasteiger partial charge in [-0.1, -0.05) is 5.21 Å².